The SMILES string of the molecule is CCOC(=O)/C(C)=C1/CCC1(C)CCOCc1ccccc1. The molecule has 1 aliphatic rings. The van der Waals surface area contributed by atoms with Crippen molar-refractivity contribution < 1.29 is 14.3 Å². The molecule has 2 rings (SSSR count). The Bertz CT molecular complexity index is 533. The molecule has 0 spiro atoms. The molecule has 22 heavy (non-hydrogen) atoms. The van der Waals surface area contributed by atoms with E-state index < -0.39 is 0 Å². The van der Waals surface area contributed by atoms with E-state index in [1.807, 2.05) is 32.0 Å². The number of hydrogen-bond donors (Lipinski definition) is 0. The first-order valence-corrected chi connectivity index (χ1v) is 8.06. The number of esters is 1. The second kappa shape index (κ2) is 7.59. The van der Waals surface area contributed by atoms with Crippen LogP contribution in [0.2, 0.25) is 0 Å². The molecule has 0 amide bonds. The predicted octanol–water partition coefficient (Wildman–Crippen LogP) is 4.27. The van der Waals surface area contributed by atoms with Crippen LogP contribution in [0.5, 0.6) is 0 Å². The molecule has 0 heterocycles. The fraction of sp³-hybridized carbons (Fsp3) is 0.526. The number of hydrogen-bond acceptors (Lipinski definition) is 3. The number of carbonyl (C=O) groups excluding carboxylic acids is 1. The summed E-state index contributed by atoms with van der Waals surface area (Å²) in [5, 5.41) is 0. The van der Waals surface area contributed by atoms with Gasteiger partial charge in [-0.3, -0.25) is 0 Å². The summed E-state index contributed by atoms with van der Waals surface area (Å²) in [6.45, 7) is 7.74. The summed E-state index contributed by atoms with van der Waals surface area (Å²) in [5.74, 6) is -0.173. The highest BCUT2D eigenvalue weighted by atomic mass is 16.5. The zero-order valence-corrected chi connectivity index (χ0v) is 13.9. The Labute approximate surface area is 133 Å². The van der Waals surface area contributed by atoms with Gasteiger partial charge in [-0.25, -0.2) is 4.79 Å². The average molecular weight is 302 g/mol. The normalized spacial score (nSPS) is 22.9. The van der Waals surface area contributed by atoms with Crippen molar-refractivity contribution in [3.8, 4) is 0 Å². The molecule has 3 heteroatoms. The summed E-state index contributed by atoms with van der Waals surface area (Å²) in [6, 6.07) is 10.2. The quantitative estimate of drug-likeness (QED) is 0.428. The molecule has 1 unspecified atom stereocenters. The third kappa shape index (κ3) is 3.98. The molecule has 0 bridgehead atoms. The molecule has 0 radical (unpaired) electrons. The lowest BCUT2D eigenvalue weighted by atomic mass is 9.62. The number of ether oxygens (including phenoxy) is 2. The minimum Gasteiger partial charge on any atom is -0.463 e. The summed E-state index contributed by atoms with van der Waals surface area (Å²) >= 11 is 0. The van der Waals surface area contributed by atoms with Gasteiger partial charge in [0.2, 0.25) is 0 Å². The smallest absolute Gasteiger partial charge is 0.333 e. The molecule has 0 N–H and O–H groups in total. The highest BCUT2D eigenvalue weighted by Crippen LogP contribution is 2.50. The molecule has 1 saturated carbocycles. The van der Waals surface area contributed by atoms with Crippen molar-refractivity contribution >= 4 is 5.97 Å². The second-order valence-electron chi connectivity index (χ2n) is 6.17. The Balaban J connectivity index is 1.84. The van der Waals surface area contributed by atoms with Crippen LogP contribution in [0.1, 0.15) is 45.6 Å². The van der Waals surface area contributed by atoms with Crippen molar-refractivity contribution in [3.05, 3.63) is 47.0 Å². The third-order valence-corrected chi connectivity index (χ3v) is 4.60. The van der Waals surface area contributed by atoms with Crippen LogP contribution in [-0.2, 0) is 20.9 Å². The van der Waals surface area contributed by atoms with E-state index in [0.29, 0.717) is 19.8 Å². The average Bonchev–Trinajstić information content (AvgIpc) is 2.51. The molecule has 3 nitrogen and oxygen atoms in total. The molecule has 1 aromatic rings. The van der Waals surface area contributed by atoms with E-state index in [2.05, 4.69) is 19.1 Å². The molecule has 0 aromatic heterocycles. The first-order chi connectivity index (χ1) is 10.6. The summed E-state index contributed by atoms with van der Waals surface area (Å²) < 4.78 is 10.9. The van der Waals surface area contributed by atoms with E-state index >= 15 is 0 Å². The van der Waals surface area contributed by atoms with Crippen LogP contribution in [-0.4, -0.2) is 19.2 Å². The molecular formula is C19H26O3. The maximum absolute atomic E-state index is 11.9. The fourth-order valence-electron chi connectivity index (χ4n) is 3.02. The topological polar surface area (TPSA) is 35.5 Å². The van der Waals surface area contributed by atoms with E-state index in [-0.39, 0.29) is 11.4 Å². The molecule has 0 aliphatic heterocycles. The van der Waals surface area contributed by atoms with Gasteiger partial charge in [0.1, 0.15) is 0 Å². The summed E-state index contributed by atoms with van der Waals surface area (Å²) in [7, 11) is 0. The minimum absolute atomic E-state index is 0.0908. The van der Waals surface area contributed by atoms with Gasteiger partial charge < -0.3 is 9.47 Å². The van der Waals surface area contributed by atoms with Crippen molar-refractivity contribution in [3.63, 3.8) is 0 Å². The molecule has 0 saturated heterocycles. The van der Waals surface area contributed by atoms with Gasteiger partial charge >= 0.3 is 5.97 Å². The molecule has 120 valence electrons. The molecular weight excluding hydrogens is 276 g/mol. The molecule has 1 fully saturated rings. The van der Waals surface area contributed by atoms with Gasteiger partial charge in [-0.05, 0) is 44.1 Å². The summed E-state index contributed by atoms with van der Waals surface area (Å²) in [6.07, 6.45) is 3.07. The standard InChI is InChI=1S/C19H26O3/c1-4-22-18(20)15(2)17-10-11-19(17,3)12-13-21-14-16-8-6-5-7-9-16/h5-9H,4,10-14H2,1-3H3/b17-15-. The van der Waals surface area contributed by atoms with Gasteiger partial charge in [0.15, 0.2) is 0 Å². The van der Waals surface area contributed by atoms with Crippen LogP contribution in [0.4, 0.5) is 0 Å². The van der Waals surface area contributed by atoms with Gasteiger partial charge in [0, 0.05) is 12.2 Å². The van der Waals surface area contributed by atoms with E-state index in [9.17, 15) is 4.79 Å². The molecule has 1 aromatic carbocycles. The van der Waals surface area contributed by atoms with Crippen molar-refractivity contribution in [1.82, 2.24) is 0 Å². The highest BCUT2D eigenvalue weighted by molar-refractivity contribution is 5.89. The Morgan fingerprint density at radius 1 is 1.27 bits per heavy atom. The summed E-state index contributed by atoms with van der Waals surface area (Å²) in [4.78, 5) is 11.9. The second-order valence-corrected chi connectivity index (χ2v) is 6.17. The van der Waals surface area contributed by atoms with Crippen LogP contribution in [0, 0.1) is 5.41 Å². The van der Waals surface area contributed by atoms with Gasteiger partial charge in [0.25, 0.3) is 0 Å². The zero-order chi connectivity index (χ0) is 16.0. The number of carbonyl (C=O) groups is 1. The van der Waals surface area contributed by atoms with Gasteiger partial charge in [-0.1, -0.05) is 42.8 Å². The largest absolute Gasteiger partial charge is 0.463 e. The van der Waals surface area contributed by atoms with E-state index in [1.54, 1.807) is 0 Å². The number of rotatable bonds is 7. The zero-order valence-electron chi connectivity index (χ0n) is 13.9. The predicted molar refractivity (Wildman–Crippen MR) is 87.4 cm³/mol. The number of allylic oxidation sites excluding steroid dienone is 1. The Morgan fingerprint density at radius 2 is 2.00 bits per heavy atom. The van der Waals surface area contributed by atoms with Crippen molar-refractivity contribution in [1.29, 1.82) is 0 Å². The monoisotopic (exact) mass is 302 g/mol. The summed E-state index contributed by atoms with van der Waals surface area (Å²) in [5.41, 5.74) is 3.32. The van der Waals surface area contributed by atoms with Crippen molar-refractivity contribution in [2.75, 3.05) is 13.2 Å². The lowest BCUT2D eigenvalue weighted by Crippen LogP contribution is -2.33. The van der Waals surface area contributed by atoms with Gasteiger partial charge in [-0.15, -0.1) is 0 Å². The van der Waals surface area contributed by atoms with Crippen LogP contribution in [0.3, 0.4) is 0 Å². The molecule has 1 aliphatic carbocycles. The molecule has 1 atom stereocenters. The van der Waals surface area contributed by atoms with E-state index in [1.165, 1.54) is 11.1 Å². The first kappa shape index (κ1) is 16.8. The Hall–Kier alpha value is -1.61. The maximum Gasteiger partial charge on any atom is 0.333 e. The van der Waals surface area contributed by atoms with Crippen molar-refractivity contribution in [2.45, 2.75) is 46.6 Å². The van der Waals surface area contributed by atoms with Gasteiger partial charge in [0.05, 0.1) is 13.2 Å². The van der Waals surface area contributed by atoms with Gasteiger partial charge in [-0.2, -0.15) is 0 Å². The Morgan fingerprint density at radius 3 is 2.59 bits per heavy atom. The van der Waals surface area contributed by atoms with Crippen LogP contribution in [0.25, 0.3) is 0 Å². The Kier molecular flexibility index (Phi) is 5.78. The maximum atomic E-state index is 11.9. The first-order valence-electron chi connectivity index (χ1n) is 8.06. The lowest BCUT2D eigenvalue weighted by molar-refractivity contribution is -0.138. The third-order valence-electron chi connectivity index (χ3n) is 4.60. The number of benzene rings is 1. The minimum atomic E-state index is -0.173. The van der Waals surface area contributed by atoms with Crippen molar-refractivity contribution in [2.24, 2.45) is 5.41 Å². The highest BCUT2D eigenvalue weighted by Gasteiger charge is 2.39. The van der Waals surface area contributed by atoms with Crippen LogP contribution < -0.4 is 0 Å². The van der Waals surface area contributed by atoms with E-state index in [4.69, 9.17) is 9.47 Å². The fourth-order valence-corrected chi connectivity index (χ4v) is 3.02. The van der Waals surface area contributed by atoms with Crippen LogP contribution >= 0.6 is 0 Å². The van der Waals surface area contributed by atoms with E-state index in [0.717, 1.165) is 24.8 Å². The lowest BCUT2D eigenvalue weighted by Gasteiger charge is -2.43. The van der Waals surface area contributed by atoms with Crippen LogP contribution in [0.15, 0.2) is 41.5 Å².